The van der Waals surface area contributed by atoms with E-state index in [1.807, 2.05) is 0 Å². The third-order valence-corrected chi connectivity index (χ3v) is 5.23. The first-order valence-corrected chi connectivity index (χ1v) is 6.90. The Hall–Kier alpha value is 0.360. The molecule has 0 N–H and O–H groups in total. The van der Waals surface area contributed by atoms with Crippen LogP contribution in [0.5, 0.6) is 0 Å². The van der Waals surface area contributed by atoms with Gasteiger partial charge in [-0.3, -0.25) is 0 Å². The molecule has 0 aliphatic carbocycles. The summed E-state index contributed by atoms with van der Waals surface area (Å²) in [7, 11) is 0. The molecule has 0 radical (unpaired) electrons. The van der Waals surface area contributed by atoms with Crippen molar-refractivity contribution in [2.75, 3.05) is 0 Å². The Labute approximate surface area is 102 Å². The maximum Gasteiger partial charge on any atom is 0.0708 e. The topological polar surface area (TPSA) is 0 Å². The summed E-state index contributed by atoms with van der Waals surface area (Å²) in [5.41, 5.74) is 1.34. The molecule has 2 aromatic rings. The highest BCUT2D eigenvalue weighted by Gasteiger charge is 2.08. The maximum absolute atomic E-state index is 3.50. The number of hydrogen-bond acceptors (Lipinski definition) is 2. The van der Waals surface area contributed by atoms with Crippen LogP contribution in [0.4, 0.5) is 0 Å². The predicted octanol–water partition coefficient (Wildman–Crippen LogP) is 5.31. The Bertz CT molecular complexity index is 429. The van der Waals surface area contributed by atoms with Crippen molar-refractivity contribution in [3.8, 4) is 9.75 Å². The number of thiophene rings is 2. The second kappa shape index (κ2) is 3.85. The minimum Gasteiger partial charge on any atom is -0.127 e. The maximum atomic E-state index is 3.50. The second-order valence-electron chi connectivity index (χ2n) is 2.67. The smallest absolute Gasteiger partial charge is 0.0708 e. The lowest BCUT2D eigenvalue weighted by molar-refractivity contribution is 1.55. The average Bonchev–Trinajstić information content (AvgIpc) is 2.58. The van der Waals surface area contributed by atoms with Crippen molar-refractivity contribution in [1.29, 1.82) is 0 Å². The van der Waals surface area contributed by atoms with Gasteiger partial charge >= 0.3 is 0 Å². The summed E-state index contributed by atoms with van der Waals surface area (Å²) in [6, 6.07) is 6.40. The van der Waals surface area contributed by atoms with Crippen LogP contribution in [0.2, 0.25) is 0 Å². The Balaban J connectivity index is 2.51. The first kappa shape index (κ1) is 9.90. The first-order valence-electron chi connectivity index (χ1n) is 3.68. The van der Waals surface area contributed by atoms with Gasteiger partial charge in [0.25, 0.3) is 0 Å². The van der Waals surface area contributed by atoms with Crippen LogP contribution in [-0.4, -0.2) is 0 Å². The molecule has 0 aliphatic rings. The summed E-state index contributed by atoms with van der Waals surface area (Å²) in [5, 5.41) is 0. The molecule has 4 heteroatoms. The standard InChI is InChI=1S/C9H6Br2S2/c1-5-4-8(11)13-9(5)6-2-3-7(10)12-6/h2-4H,1H3. The van der Waals surface area contributed by atoms with E-state index in [1.54, 1.807) is 22.7 Å². The molecule has 2 heterocycles. The zero-order valence-corrected chi connectivity index (χ0v) is 11.6. The third kappa shape index (κ3) is 2.06. The number of rotatable bonds is 1. The molecule has 0 atom stereocenters. The zero-order chi connectivity index (χ0) is 9.42. The Morgan fingerprint density at radius 3 is 2.31 bits per heavy atom. The molecule has 0 fully saturated rings. The van der Waals surface area contributed by atoms with E-state index >= 15 is 0 Å². The van der Waals surface area contributed by atoms with Gasteiger partial charge in [-0.2, -0.15) is 0 Å². The van der Waals surface area contributed by atoms with E-state index in [1.165, 1.54) is 22.9 Å². The molecular formula is C9H6Br2S2. The fourth-order valence-electron chi connectivity index (χ4n) is 1.12. The average molecular weight is 338 g/mol. The van der Waals surface area contributed by atoms with Crippen LogP contribution in [0.25, 0.3) is 9.75 Å². The van der Waals surface area contributed by atoms with Crippen LogP contribution < -0.4 is 0 Å². The molecule has 0 amide bonds. The van der Waals surface area contributed by atoms with Gasteiger partial charge in [0.05, 0.1) is 7.57 Å². The fourth-order valence-corrected chi connectivity index (χ4v) is 4.41. The van der Waals surface area contributed by atoms with Crippen LogP contribution in [0.15, 0.2) is 25.8 Å². The van der Waals surface area contributed by atoms with Gasteiger partial charge in [-0.1, -0.05) is 0 Å². The molecule has 0 bridgehead atoms. The summed E-state index contributed by atoms with van der Waals surface area (Å²) >= 11 is 10.5. The minimum atomic E-state index is 1.19. The lowest BCUT2D eigenvalue weighted by Crippen LogP contribution is -1.66. The monoisotopic (exact) mass is 336 g/mol. The first-order chi connectivity index (χ1) is 6.16. The molecule has 0 spiro atoms. The van der Waals surface area contributed by atoms with Gasteiger partial charge in [-0.05, 0) is 62.5 Å². The minimum absolute atomic E-state index is 1.19. The summed E-state index contributed by atoms with van der Waals surface area (Å²) in [6.45, 7) is 2.14. The van der Waals surface area contributed by atoms with Crippen molar-refractivity contribution in [3.63, 3.8) is 0 Å². The number of aryl methyl sites for hydroxylation is 1. The van der Waals surface area contributed by atoms with Crippen LogP contribution in [0, 0.1) is 6.92 Å². The molecular weight excluding hydrogens is 332 g/mol. The quantitative estimate of drug-likeness (QED) is 0.661. The summed E-state index contributed by atoms with van der Waals surface area (Å²) < 4.78 is 2.39. The molecule has 0 nitrogen and oxygen atoms in total. The van der Waals surface area contributed by atoms with Crippen LogP contribution >= 0.6 is 54.5 Å². The van der Waals surface area contributed by atoms with E-state index in [0.29, 0.717) is 0 Å². The molecule has 2 aromatic heterocycles. The molecule has 2 rings (SSSR count). The van der Waals surface area contributed by atoms with E-state index in [4.69, 9.17) is 0 Å². The van der Waals surface area contributed by atoms with Crippen molar-refractivity contribution >= 4 is 54.5 Å². The van der Waals surface area contributed by atoms with Gasteiger partial charge in [0.1, 0.15) is 0 Å². The van der Waals surface area contributed by atoms with Crippen molar-refractivity contribution in [1.82, 2.24) is 0 Å². The van der Waals surface area contributed by atoms with Gasteiger partial charge in [0, 0.05) is 9.75 Å². The van der Waals surface area contributed by atoms with Crippen molar-refractivity contribution < 1.29 is 0 Å². The van der Waals surface area contributed by atoms with Crippen molar-refractivity contribution in [2.45, 2.75) is 6.92 Å². The third-order valence-electron chi connectivity index (χ3n) is 1.68. The molecule has 68 valence electrons. The van der Waals surface area contributed by atoms with Gasteiger partial charge in [0.2, 0.25) is 0 Å². The van der Waals surface area contributed by atoms with Gasteiger partial charge < -0.3 is 0 Å². The van der Waals surface area contributed by atoms with E-state index in [9.17, 15) is 0 Å². The SMILES string of the molecule is Cc1cc(Br)sc1-c1ccc(Br)s1. The summed E-state index contributed by atoms with van der Waals surface area (Å²) in [5.74, 6) is 0. The van der Waals surface area contributed by atoms with E-state index in [-0.39, 0.29) is 0 Å². The number of halogens is 2. The second-order valence-corrected chi connectivity index (χ2v) is 7.56. The molecule has 0 saturated carbocycles. The predicted molar refractivity (Wildman–Crippen MR) is 67.8 cm³/mol. The molecule has 0 saturated heterocycles. The highest BCUT2D eigenvalue weighted by atomic mass is 79.9. The normalized spacial score (nSPS) is 10.7. The van der Waals surface area contributed by atoms with Crippen molar-refractivity contribution in [3.05, 3.63) is 31.3 Å². The van der Waals surface area contributed by atoms with Crippen LogP contribution in [0.3, 0.4) is 0 Å². The lowest BCUT2D eigenvalue weighted by atomic mass is 10.2. The van der Waals surface area contributed by atoms with Gasteiger partial charge in [-0.15, -0.1) is 22.7 Å². The van der Waals surface area contributed by atoms with Crippen LogP contribution in [0.1, 0.15) is 5.56 Å². The Kier molecular flexibility index (Phi) is 2.93. The molecule has 0 unspecified atom stereocenters. The van der Waals surface area contributed by atoms with E-state index in [0.717, 1.165) is 0 Å². The molecule has 0 aromatic carbocycles. The zero-order valence-electron chi connectivity index (χ0n) is 6.80. The Morgan fingerprint density at radius 2 is 1.85 bits per heavy atom. The Morgan fingerprint density at radius 1 is 1.08 bits per heavy atom. The van der Waals surface area contributed by atoms with Crippen molar-refractivity contribution in [2.24, 2.45) is 0 Å². The summed E-state index contributed by atoms with van der Waals surface area (Å²) in [6.07, 6.45) is 0. The van der Waals surface area contributed by atoms with Gasteiger partial charge in [0.15, 0.2) is 0 Å². The van der Waals surface area contributed by atoms with Gasteiger partial charge in [-0.25, -0.2) is 0 Å². The summed E-state index contributed by atoms with van der Waals surface area (Å²) in [4.78, 5) is 2.70. The molecule has 13 heavy (non-hydrogen) atoms. The fraction of sp³-hybridized carbons (Fsp3) is 0.111. The van der Waals surface area contributed by atoms with E-state index in [2.05, 4.69) is 57.0 Å². The lowest BCUT2D eigenvalue weighted by Gasteiger charge is -1.91. The number of hydrogen-bond donors (Lipinski definition) is 0. The van der Waals surface area contributed by atoms with E-state index < -0.39 is 0 Å². The highest BCUT2D eigenvalue weighted by Crippen LogP contribution is 2.39. The highest BCUT2D eigenvalue weighted by molar-refractivity contribution is 9.11. The van der Waals surface area contributed by atoms with Crippen LogP contribution in [-0.2, 0) is 0 Å². The molecule has 0 aliphatic heterocycles. The largest absolute Gasteiger partial charge is 0.127 e.